The van der Waals surface area contributed by atoms with Crippen LogP contribution < -0.4 is 0 Å². The Balaban J connectivity index is 2.21. The highest BCUT2D eigenvalue weighted by Crippen LogP contribution is 2.44. The van der Waals surface area contributed by atoms with Crippen LogP contribution in [0.15, 0.2) is 46.9 Å². The second-order valence-electron chi connectivity index (χ2n) is 6.43. The van der Waals surface area contributed by atoms with E-state index in [9.17, 15) is 14.0 Å². The summed E-state index contributed by atoms with van der Waals surface area (Å²) in [4.78, 5) is 27.8. The Kier molecular flexibility index (Phi) is 5.95. The quantitative estimate of drug-likeness (QED) is 0.633. The fourth-order valence-electron chi connectivity index (χ4n) is 3.63. The third kappa shape index (κ3) is 3.63. The molecule has 1 aliphatic rings. The maximum Gasteiger partial charge on any atom is 0.315 e. The van der Waals surface area contributed by atoms with Gasteiger partial charge in [-0.3, -0.25) is 9.59 Å². The number of benzene rings is 2. The summed E-state index contributed by atoms with van der Waals surface area (Å²) in [5.41, 5.74) is 1.86. The first-order chi connectivity index (χ1) is 13.0. The lowest BCUT2D eigenvalue weighted by molar-refractivity contribution is -0.146. The number of amides is 1. The van der Waals surface area contributed by atoms with E-state index in [0.717, 1.165) is 6.42 Å². The number of fused-ring (bicyclic) bond motifs is 1. The number of halogens is 2. The number of nitrogens with zero attached hydrogens (tertiary/aromatic N) is 1. The standard InChI is InChI=1S/C21H21BrFNO3/c1-3-11-24-19(13-9-10-17(23)16(22)12-13)18(21(26)27-4-2)14-7-5-6-8-15(14)20(24)25/h5-10,12,18-19H,3-4,11H2,1-2H3. The van der Waals surface area contributed by atoms with E-state index in [2.05, 4.69) is 15.9 Å². The molecule has 3 rings (SSSR count). The summed E-state index contributed by atoms with van der Waals surface area (Å²) in [6.45, 7) is 4.47. The summed E-state index contributed by atoms with van der Waals surface area (Å²) < 4.78 is 19.4. The summed E-state index contributed by atoms with van der Waals surface area (Å²) in [7, 11) is 0. The van der Waals surface area contributed by atoms with Gasteiger partial charge in [0.2, 0.25) is 0 Å². The first-order valence-electron chi connectivity index (χ1n) is 9.01. The lowest BCUT2D eigenvalue weighted by Gasteiger charge is -2.41. The van der Waals surface area contributed by atoms with Gasteiger partial charge in [-0.2, -0.15) is 0 Å². The molecule has 0 saturated heterocycles. The molecule has 4 nitrogen and oxygen atoms in total. The van der Waals surface area contributed by atoms with Crippen molar-refractivity contribution in [2.24, 2.45) is 0 Å². The molecule has 142 valence electrons. The summed E-state index contributed by atoms with van der Waals surface area (Å²) in [5, 5.41) is 0. The highest BCUT2D eigenvalue weighted by Gasteiger charge is 2.44. The van der Waals surface area contributed by atoms with Gasteiger partial charge in [0.1, 0.15) is 11.7 Å². The molecule has 6 heteroatoms. The molecular formula is C21H21BrFNO3. The first kappa shape index (κ1) is 19.5. The number of hydrogen-bond acceptors (Lipinski definition) is 3. The molecule has 2 unspecified atom stereocenters. The second kappa shape index (κ2) is 8.21. The Hall–Kier alpha value is -2.21. The number of esters is 1. The minimum Gasteiger partial charge on any atom is -0.465 e. The molecule has 0 saturated carbocycles. The van der Waals surface area contributed by atoms with Crippen LogP contribution in [0, 0.1) is 5.82 Å². The van der Waals surface area contributed by atoms with E-state index in [1.807, 2.05) is 13.0 Å². The van der Waals surface area contributed by atoms with Gasteiger partial charge < -0.3 is 9.64 Å². The van der Waals surface area contributed by atoms with Crippen molar-refractivity contribution in [2.45, 2.75) is 32.2 Å². The molecule has 0 radical (unpaired) electrons. The van der Waals surface area contributed by atoms with Crippen molar-refractivity contribution in [1.82, 2.24) is 4.90 Å². The fourth-order valence-corrected chi connectivity index (χ4v) is 4.03. The Morgan fingerprint density at radius 1 is 1.22 bits per heavy atom. The zero-order chi connectivity index (χ0) is 19.6. The molecule has 2 aromatic rings. The van der Waals surface area contributed by atoms with Crippen LogP contribution in [0.2, 0.25) is 0 Å². The van der Waals surface area contributed by atoms with Gasteiger partial charge in [0.25, 0.3) is 5.91 Å². The summed E-state index contributed by atoms with van der Waals surface area (Å²) >= 11 is 3.21. The van der Waals surface area contributed by atoms with E-state index in [1.165, 1.54) is 6.07 Å². The third-order valence-corrected chi connectivity index (χ3v) is 5.34. The van der Waals surface area contributed by atoms with E-state index < -0.39 is 17.8 Å². The minimum absolute atomic E-state index is 0.126. The molecule has 0 aromatic heterocycles. The third-order valence-electron chi connectivity index (χ3n) is 4.73. The number of carbonyl (C=O) groups excluding carboxylic acids is 2. The predicted molar refractivity (Wildman–Crippen MR) is 104 cm³/mol. The molecular weight excluding hydrogens is 413 g/mol. The van der Waals surface area contributed by atoms with Crippen LogP contribution in [0.3, 0.4) is 0 Å². The van der Waals surface area contributed by atoms with Gasteiger partial charge in [-0.25, -0.2) is 4.39 Å². The molecule has 1 heterocycles. The molecule has 0 N–H and O–H groups in total. The van der Waals surface area contributed by atoms with Crippen LogP contribution in [-0.2, 0) is 9.53 Å². The molecule has 0 bridgehead atoms. The van der Waals surface area contributed by atoms with Gasteiger partial charge in [-0.05, 0) is 58.6 Å². The largest absolute Gasteiger partial charge is 0.465 e. The Morgan fingerprint density at radius 2 is 1.96 bits per heavy atom. The van der Waals surface area contributed by atoms with E-state index in [-0.39, 0.29) is 18.5 Å². The van der Waals surface area contributed by atoms with Gasteiger partial charge in [-0.15, -0.1) is 0 Å². The maximum atomic E-state index is 13.8. The van der Waals surface area contributed by atoms with Crippen molar-refractivity contribution >= 4 is 27.8 Å². The number of hydrogen-bond donors (Lipinski definition) is 0. The minimum atomic E-state index is -0.664. The van der Waals surface area contributed by atoms with Crippen LogP contribution in [0.1, 0.15) is 53.7 Å². The SMILES string of the molecule is CCCN1C(=O)c2ccccc2C(C(=O)OCC)C1c1ccc(F)c(Br)c1. The van der Waals surface area contributed by atoms with Crippen LogP contribution in [0.25, 0.3) is 0 Å². The van der Waals surface area contributed by atoms with Crippen LogP contribution in [0.4, 0.5) is 4.39 Å². The van der Waals surface area contributed by atoms with Crippen LogP contribution in [-0.4, -0.2) is 29.9 Å². The Morgan fingerprint density at radius 3 is 2.63 bits per heavy atom. The van der Waals surface area contributed by atoms with Crippen LogP contribution >= 0.6 is 15.9 Å². The number of rotatable bonds is 5. The average molecular weight is 434 g/mol. The van der Waals surface area contributed by atoms with Gasteiger partial charge in [-0.1, -0.05) is 31.2 Å². The summed E-state index contributed by atoms with van der Waals surface area (Å²) in [6.07, 6.45) is 0.738. The van der Waals surface area contributed by atoms with Crippen molar-refractivity contribution in [3.63, 3.8) is 0 Å². The van der Waals surface area contributed by atoms with Crippen molar-refractivity contribution < 1.29 is 18.7 Å². The number of ether oxygens (including phenoxy) is 1. The first-order valence-corrected chi connectivity index (χ1v) is 9.80. The molecule has 27 heavy (non-hydrogen) atoms. The average Bonchev–Trinajstić information content (AvgIpc) is 2.66. The molecule has 2 atom stereocenters. The Labute approximate surface area is 166 Å². The summed E-state index contributed by atoms with van der Waals surface area (Å²) in [5.74, 6) is -1.57. The maximum absolute atomic E-state index is 13.8. The van der Waals surface area contributed by atoms with Crippen molar-refractivity contribution in [3.05, 3.63) is 69.4 Å². The molecule has 0 spiro atoms. The highest BCUT2D eigenvalue weighted by molar-refractivity contribution is 9.10. The molecule has 1 amide bonds. The monoisotopic (exact) mass is 433 g/mol. The van der Waals surface area contributed by atoms with E-state index in [1.54, 1.807) is 42.2 Å². The highest BCUT2D eigenvalue weighted by atomic mass is 79.9. The summed E-state index contributed by atoms with van der Waals surface area (Å²) in [6, 6.07) is 11.2. The normalized spacial score (nSPS) is 19.0. The smallest absolute Gasteiger partial charge is 0.315 e. The zero-order valence-electron chi connectivity index (χ0n) is 15.2. The van der Waals surface area contributed by atoms with Crippen molar-refractivity contribution in [3.8, 4) is 0 Å². The lowest BCUT2D eigenvalue weighted by atomic mass is 9.79. The Bertz CT molecular complexity index is 870. The second-order valence-corrected chi connectivity index (χ2v) is 7.29. The molecule has 0 fully saturated rings. The molecule has 1 aliphatic heterocycles. The van der Waals surface area contributed by atoms with Crippen molar-refractivity contribution in [2.75, 3.05) is 13.2 Å². The van der Waals surface area contributed by atoms with E-state index >= 15 is 0 Å². The van der Waals surface area contributed by atoms with E-state index in [0.29, 0.717) is 27.7 Å². The zero-order valence-corrected chi connectivity index (χ0v) is 16.8. The van der Waals surface area contributed by atoms with Gasteiger partial charge in [0, 0.05) is 12.1 Å². The lowest BCUT2D eigenvalue weighted by Crippen LogP contribution is -2.45. The van der Waals surface area contributed by atoms with Gasteiger partial charge in [0.15, 0.2) is 0 Å². The number of carbonyl (C=O) groups is 2. The van der Waals surface area contributed by atoms with E-state index in [4.69, 9.17) is 4.74 Å². The van der Waals surface area contributed by atoms with Crippen LogP contribution in [0.5, 0.6) is 0 Å². The predicted octanol–water partition coefficient (Wildman–Crippen LogP) is 4.84. The van der Waals surface area contributed by atoms with Crippen molar-refractivity contribution in [1.29, 1.82) is 0 Å². The van der Waals surface area contributed by atoms with Gasteiger partial charge >= 0.3 is 5.97 Å². The molecule has 2 aromatic carbocycles. The fraction of sp³-hybridized carbons (Fsp3) is 0.333. The van der Waals surface area contributed by atoms with Gasteiger partial charge in [0.05, 0.1) is 17.1 Å². The molecule has 0 aliphatic carbocycles. The topological polar surface area (TPSA) is 46.6 Å².